The lowest BCUT2D eigenvalue weighted by Gasteiger charge is -2.36. The maximum atomic E-state index is 12.5. The van der Waals surface area contributed by atoms with Crippen molar-refractivity contribution in [3.8, 4) is 0 Å². The molecule has 0 aromatic rings. The molecule has 2 saturated heterocycles. The van der Waals surface area contributed by atoms with Crippen molar-refractivity contribution in [1.29, 1.82) is 0 Å². The van der Waals surface area contributed by atoms with Crippen LogP contribution in [0.25, 0.3) is 0 Å². The number of nitrogens with zero attached hydrogens (tertiary/aromatic N) is 1. The summed E-state index contributed by atoms with van der Waals surface area (Å²) in [5.74, 6) is 0.179. The van der Waals surface area contributed by atoms with Crippen LogP contribution in [0.2, 0.25) is 0 Å². The summed E-state index contributed by atoms with van der Waals surface area (Å²) < 4.78 is 5.30. The molecule has 0 bridgehead atoms. The molecule has 2 aliphatic heterocycles. The van der Waals surface area contributed by atoms with Crippen LogP contribution in [0.4, 0.5) is 0 Å². The number of hydrogen-bond acceptors (Lipinski definition) is 4. The van der Waals surface area contributed by atoms with Crippen molar-refractivity contribution < 1.29 is 9.53 Å². The fraction of sp³-hybridized carbons (Fsp3) is 0.933. The molecular weight excluding hydrogens is 254 g/mol. The first-order valence-corrected chi connectivity index (χ1v) is 7.97. The lowest BCUT2D eigenvalue weighted by atomic mass is 9.78. The zero-order valence-corrected chi connectivity index (χ0v) is 12.7. The molecule has 1 amide bonds. The quantitative estimate of drug-likeness (QED) is 0.750. The average molecular weight is 283 g/mol. The van der Waals surface area contributed by atoms with Crippen LogP contribution in [0, 0.1) is 5.41 Å². The number of carbonyl (C=O) groups excluding carboxylic acids is 1. The van der Waals surface area contributed by atoms with Gasteiger partial charge in [0.05, 0.1) is 12.0 Å². The van der Waals surface area contributed by atoms with Gasteiger partial charge >= 0.3 is 0 Å². The fourth-order valence-corrected chi connectivity index (χ4v) is 3.32. The van der Waals surface area contributed by atoms with Gasteiger partial charge in [-0.25, -0.2) is 0 Å². The molecule has 0 aliphatic carbocycles. The minimum atomic E-state index is -0.318. The molecule has 5 heteroatoms. The summed E-state index contributed by atoms with van der Waals surface area (Å²) in [7, 11) is 1.69. The van der Waals surface area contributed by atoms with Crippen LogP contribution in [-0.4, -0.2) is 63.8 Å². The van der Waals surface area contributed by atoms with E-state index >= 15 is 0 Å². The largest absolute Gasteiger partial charge is 0.384 e. The molecule has 2 N–H and O–H groups in total. The Morgan fingerprint density at radius 1 is 1.25 bits per heavy atom. The summed E-state index contributed by atoms with van der Waals surface area (Å²) in [6, 6.07) is 0. The third-order valence-corrected chi connectivity index (χ3v) is 4.63. The summed E-state index contributed by atoms with van der Waals surface area (Å²) in [6.45, 7) is 6.45. The molecule has 0 saturated carbocycles. The third kappa shape index (κ3) is 4.17. The van der Waals surface area contributed by atoms with Gasteiger partial charge in [0.15, 0.2) is 0 Å². The standard InChI is InChI=1S/C15H29N3O2/c1-20-13-15(5-7-16-8-6-15)14(19)17-9-12-18-10-3-2-4-11-18/h16H,2-13H2,1H3,(H,17,19). The van der Waals surface area contributed by atoms with Crippen LogP contribution in [0.3, 0.4) is 0 Å². The molecule has 2 heterocycles. The van der Waals surface area contributed by atoms with Crippen LogP contribution in [0.1, 0.15) is 32.1 Å². The lowest BCUT2D eigenvalue weighted by molar-refractivity contribution is -0.136. The van der Waals surface area contributed by atoms with E-state index in [9.17, 15) is 4.79 Å². The molecule has 2 fully saturated rings. The van der Waals surface area contributed by atoms with Crippen molar-refractivity contribution in [3.05, 3.63) is 0 Å². The van der Waals surface area contributed by atoms with Crippen LogP contribution >= 0.6 is 0 Å². The van der Waals surface area contributed by atoms with Gasteiger partial charge in [-0.1, -0.05) is 6.42 Å². The van der Waals surface area contributed by atoms with E-state index in [2.05, 4.69) is 15.5 Å². The van der Waals surface area contributed by atoms with Gasteiger partial charge in [0.1, 0.15) is 0 Å². The SMILES string of the molecule is COCC1(C(=O)NCCN2CCCCC2)CCNCC1. The first kappa shape index (κ1) is 15.7. The Kier molecular flexibility index (Phi) is 6.26. The number of likely N-dealkylation sites (tertiary alicyclic amines) is 1. The Morgan fingerprint density at radius 2 is 1.95 bits per heavy atom. The number of nitrogens with one attached hydrogen (secondary N) is 2. The van der Waals surface area contributed by atoms with Crippen LogP contribution in [0.15, 0.2) is 0 Å². The minimum absolute atomic E-state index is 0.179. The first-order valence-electron chi connectivity index (χ1n) is 7.97. The highest BCUT2D eigenvalue weighted by Gasteiger charge is 2.39. The molecule has 0 spiro atoms. The lowest BCUT2D eigenvalue weighted by Crippen LogP contribution is -2.51. The van der Waals surface area contributed by atoms with Crippen molar-refractivity contribution >= 4 is 5.91 Å². The number of methoxy groups -OCH3 is 1. The second-order valence-electron chi connectivity index (χ2n) is 6.12. The third-order valence-electron chi connectivity index (χ3n) is 4.63. The highest BCUT2D eigenvalue weighted by molar-refractivity contribution is 5.83. The summed E-state index contributed by atoms with van der Waals surface area (Å²) in [5.41, 5.74) is -0.318. The number of hydrogen-bond donors (Lipinski definition) is 2. The van der Waals surface area contributed by atoms with Gasteiger partial charge in [0, 0.05) is 20.2 Å². The second kappa shape index (κ2) is 7.96. The number of amides is 1. The Bertz CT molecular complexity index is 292. The fourth-order valence-electron chi connectivity index (χ4n) is 3.32. The molecule has 116 valence electrons. The summed E-state index contributed by atoms with van der Waals surface area (Å²) in [6.07, 6.45) is 5.69. The Labute approximate surface area is 122 Å². The van der Waals surface area contributed by atoms with E-state index < -0.39 is 0 Å². The van der Waals surface area contributed by atoms with Gasteiger partial charge in [-0.3, -0.25) is 4.79 Å². The predicted octanol–water partition coefficient (Wildman–Crippen LogP) is 0.605. The van der Waals surface area contributed by atoms with Crippen LogP contribution in [0.5, 0.6) is 0 Å². The van der Waals surface area contributed by atoms with E-state index in [1.54, 1.807) is 7.11 Å². The number of ether oxygens (including phenoxy) is 1. The number of piperidine rings is 2. The summed E-state index contributed by atoms with van der Waals surface area (Å²) >= 11 is 0. The zero-order chi connectivity index (χ0) is 14.3. The molecule has 2 aliphatic rings. The molecule has 0 atom stereocenters. The van der Waals surface area contributed by atoms with Crippen LogP contribution < -0.4 is 10.6 Å². The van der Waals surface area contributed by atoms with Gasteiger partial charge in [0.2, 0.25) is 5.91 Å². The highest BCUT2D eigenvalue weighted by Crippen LogP contribution is 2.29. The maximum Gasteiger partial charge on any atom is 0.228 e. The molecular formula is C15H29N3O2. The van der Waals surface area contributed by atoms with Crippen molar-refractivity contribution in [2.24, 2.45) is 5.41 Å². The first-order chi connectivity index (χ1) is 9.77. The molecule has 0 unspecified atom stereocenters. The number of carbonyl (C=O) groups is 1. The molecule has 0 aromatic carbocycles. The van der Waals surface area contributed by atoms with E-state index in [-0.39, 0.29) is 11.3 Å². The second-order valence-corrected chi connectivity index (χ2v) is 6.12. The predicted molar refractivity (Wildman–Crippen MR) is 79.7 cm³/mol. The van der Waals surface area contributed by atoms with Crippen LogP contribution in [-0.2, 0) is 9.53 Å². The van der Waals surface area contributed by atoms with Gasteiger partial charge in [-0.05, 0) is 51.9 Å². The van der Waals surface area contributed by atoms with Gasteiger partial charge in [0.25, 0.3) is 0 Å². The maximum absolute atomic E-state index is 12.5. The van der Waals surface area contributed by atoms with E-state index in [0.29, 0.717) is 6.61 Å². The topological polar surface area (TPSA) is 53.6 Å². The molecule has 20 heavy (non-hydrogen) atoms. The van der Waals surface area contributed by atoms with Gasteiger partial charge in [-0.15, -0.1) is 0 Å². The van der Waals surface area contributed by atoms with Gasteiger partial charge in [-0.2, -0.15) is 0 Å². The highest BCUT2D eigenvalue weighted by atomic mass is 16.5. The number of rotatable bonds is 6. The Morgan fingerprint density at radius 3 is 2.60 bits per heavy atom. The smallest absolute Gasteiger partial charge is 0.228 e. The Hall–Kier alpha value is -0.650. The normalized spacial score (nSPS) is 23.4. The average Bonchev–Trinajstić information content (AvgIpc) is 2.49. The van der Waals surface area contributed by atoms with E-state index in [4.69, 9.17) is 4.74 Å². The van der Waals surface area contributed by atoms with Crippen molar-refractivity contribution in [2.45, 2.75) is 32.1 Å². The van der Waals surface area contributed by atoms with E-state index in [0.717, 1.165) is 39.0 Å². The monoisotopic (exact) mass is 283 g/mol. The van der Waals surface area contributed by atoms with Gasteiger partial charge < -0.3 is 20.3 Å². The molecule has 5 nitrogen and oxygen atoms in total. The van der Waals surface area contributed by atoms with Crippen molar-refractivity contribution in [1.82, 2.24) is 15.5 Å². The molecule has 2 rings (SSSR count). The Balaban J connectivity index is 1.76. The summed E-state index contributed by atoms with van der Waals surface area (Å²) in [5, 5.41) is 6.45. The van der Waals surface area contributed by atoms with Crippen molar-refractivity contribution in [3.63, 3.8) is 0 Å². The molecule has 0 radical (unpaired) electrons. The molecule has 0 aromatic heterocycles. The summed E-state index contributed by atoms with van der Waals surface area (Å²) in [4.78, 5) is 15.0. The van der Waals surface area contributed by atoms with Crippen molar-refractivity contribution in [2.75, 3.05) is 53.0 Å². The minimum Gasteiger partial charge on any atom is -0.384 e. The zero-order valence-electron chi connectivity index (χ0n) is 12.7. The van der Waals surface area contributed by atoms with E-state index in [1.165, 1.54) is 32.4 Å². The van der Waals surface area contributed by atoms with E-state index in [1.807, 2.05) is 0 Å².